The van der Waals surface area contributed by atoms with Gasteiger partial charge >= 0.3 is 0 Å². The molecule has 1 N–H and O–H groups in total. The summed E-state index contributed by atoms with van der Waals surface area (Å²) in [5.74, 6) is 0.980. The van der Waals surface area contributed by atoms with Gasteiger partial charge in [-0.3, -0.25) is 0 Å². The van der Waals surface area contributed by atoms with Crippen LogP contribution in [0.2, 0.25) is 0 Å². The number of hydrogen-bond donors (Lipinski definition) is 1. The van der Waals surface area contributed by atoms with Gasteiger partial charge in [0.15, 0.2) is 0 Å². The summed E-state index contributed by atoms with van der Waals surface area (Å²) in [5.41, 5.74) is 1.40. The summed E-state index contributed by atoms with van der Waals surface area (Å²) < 4.78 is 0. The quantitative estimate of drug-likeness (QED) is 0.893. The predicted octanol–water partition coefficient (Wildman–Crippen LogP) is 4.30. The van der Waals surface area contributed by atoms with E-state index in [1.807, 2.05) is 0 Å². The molecule has 2 aromatic heterocycles. The number of thiophene rings is 1. The summed E-state index contributed by atoms with van der Waals surface area (Å²) in [6, 6.07) is 0. The van der Waals surface area contributed by atoms with E-state index in [1.54, 1.807) is 17.7 Å². The molecule has 0 aliphatic rings. The van der Waals surface area contributed by atoms with Crippen molar-refractivity contribution in [2.24, 2.45) is 0 Å². The summed E-state index contributed by atoms with van der Waals surface area (Å²) >= 11 is 1.74. The fourth-order valence-corrected chi connectivity index (χ4v) is 2.99. The second-order valence-corrected chi connectivity index (χ2v) is 6.28. The Hall–Kier alpha value is -1.16. The van der Waals surface area contributed by atoms with Gasteiger partial charge in [0, 0.05) is 10.4 Å². The third-order valence-corrected chi connectivity index (χ3v) is 5.06. The topological polar surface area (TPSA) is 37.8 Å². The van der Waals surface area contributed by atoms with E-state index in [0.717, 1.165) is 23.5 Å². The van der Waals surface area contributed by atoms with Crippen molar-refractivity contribution in [1.29, 1.82) is 0 Å². The fraction of sp³-hybridized carbons (Fsp3) is 0.571. The average molecular weight is 263 g/mol. The van der Waals surface area contributed by atoms with Crippen molar-refractivity contribution < 1.29 is 0 Å². The van der Waals surface area contributed by atoms with E-state index in [9.17, 15) is 0 Å². The molecule has 2 heterocycles. The van der Waals surface area contributed by atoms with E-state index in [1.165, 1.54) is 15.8 Å². The minimum atomic E-state index is 0.101. The van der Waals surface area contributed by atoms with Crippen molar-refractivity contribution in [2.75, 3.05) is 5.32 Å². The average Bonchev–Trinajstić information content (AvgIpc) is 2.66. The first-order valence-electron chi connectivity index (χ1n) is 6.49. The maximum absolute atomic E-state index is 4.45. The monoisotopic (exact) mass is 263 g/mol. The maximum atomic E-state index is 4.45. The molecule has 0 spiro atoms. The molecule has 0 amide bonds. The maximum Gasteiger partial charge on any atom is 0.138 e. The zero-order chi connectivity index (χ0) is 13.3. The second-order valence-electron chi connectivity index (χ2n) is 5.08. The Morgan fingerprint density at radius 1 is 1.22 bits per heavy atom. The van der Waals surface area contributed by atoms with E-state index >= 15 is 0 Å². The highest BCUT2D eigenvalue weighted by molar-refractivity contribution is 7.18. The first kappa shape index (κ1) is 13.3. The Morgan fingerprint density at radius 3 is 2.50 bits per heavy atom. The molecule has 0 atom stereocenters. The largest absolute Gasteiger partial charge is 0.364 e. The van der Waals surface area contributed by atoms with E-state index in [-0.39, 0.29) is 5.54 Å². The third kappa shape index (κ3) is 2.21. The van der Waals surface area contributed by atoms with Crippen LogP contribution in [0.4, 0.5) is 5.82 Å². The molecule has 0 fully saturated rings. The van der Waals surface area contributed by atoms with E-state index < -0.39 is 0 Å². The smallest absolute Gasteiger partial charge is 0.138 e. The molecular weight excluding hydrogens is 242 g/mol. The SMILES string of the molecule is CCC(C)(CC)Nc1ncnc2sc(C)c(C)c12. The van der Waals surface area contributed by atoms with Crippen LogP contribution in [-0.4, -0.2) is 15.5 Å². The first-order chi connectivity index (χ1) is 8.50. The van der Waals surface area contributed by atoms with Gasteiger partial charge in [-0.25, -0.2) is 9.97 Å². The third-order valence-electron chi connectivity index (χ3n) is 3.95. The number of fused-ring (bicyclic) bond motifs is 1. The van der Waals surface area contributed by atoms with Gasteiger partial charge in [-0.2, -0.15) is 0 Å². The summed E-state index contributed by atoms with van der Waals surface area (Å²) in [6.07, 6.45) is 3.82. The van der Waals surface area contributed by atoms with Crippen molar-refractivity contribution in [3.63, 3.8) is 0 Å². The van der Waals surface area contributed by atoms with Crippen molar-refractivity contribution in [1.82, 2.24) is 9.97 Å². The van der Waals surface area contributed by atoms with Gasteiger partial charge in [0.25, 0.3) is 0 Å². The molecular formula is C14H21N3S. The first-order valence-corrected chi connectivity index (χ1v) is 7.31. The van der Waals surface area contributed by atoms with Gasteiger partial charge in [0.2, 0.25) is 0 Å². The normalized spacial score (nSPS) is 12.1. The lowest BCUT2D eigenvalue weighted by Gasteiger charge is -2.29. The number of anilines is 1. The Kier molecular flexibility index (Phi) is 3.57. The number of aromatic nitrogens is 2. The summed E-state index contributed by atoms with van der Waals surface area (Å²) in [5, 5.41) is 4.80. The zero-order valence-electron chi connectivity index (χ0n) is 11.8. The van der Waals surface area contributed by atoms with Crippen molar-refractivity contribution >= 4 is 27.4 Å². The van der Waals surface area contributed by atoms with E-state index in [0.29, 0.717) is 0 Å². The van der Waals surface area contributed by atoms with Gasteiger partial charge in [0.1, 0.15) is 17.0 Å². The molecule has 0 bridgehead atoms. The molecule has 4 heteroatoms. The zero-order valence-corrected chi connectivity index (χ0v) is 12.6. The lowest BCUT2D eigenvalue weighted by molar-refractivity contribution is 0.477. The lowest BCUT2D eigenvalue weighted by Crippen LogP contribution is -2.33. The Balaban J connectivity index is 2.51. The highest BCUT2D eigenvalue weighted by atomic mass is 32.1. The molecule has 0 radical (unpaired) electrons. The molecule has 0 saturated heterocycles. The van der Waals surface area contributed by atoms with Gasteiger partial charge in [-0.1, -0.05) is 13.8 Å². The molecule has 2 rings (SSSR count). The summed E-state index contributed by atoms with van der Waals surface area (Å²) in [6.45, 7) is 11.0. The van der Waals surface area contributed by atoms with Crippen molar-refractivity contribution in [2.45, 2.75) is 53.0 Å². The molecule has 2 aromatic rings. The number of aryl methyl sites for hydroxylation is 2. The van der Waals surface area contributed by atoms with Gasteiger partial charge in [-0.15, -0.1) is 11.3 Å². The van der Waals surface area contributed by atoms with Crippen molar-refractivity contribution in [3.8, 4) is 0 Å². The molecule has 0 aromatic carbocycles. The number of rotatable bonds is 4. The Morgan fingerprint density at radius 2 is 1.89 bits per heavy atom. The minimum absolute atomic E-state index is 0.101. The molecule has 0 unspecified atom stereocenters. The van der Waals surface area contributed by atoms with Crippen LogP contribution >= 0.6 is 11.3 Å². The molecule has 98 valence electrons. The van der Waals surface area contributed by atoms with E-state index in [4.69, 9.17) is 0 Å². The molecule has 18 heavy (non-hydrogen) atoms. The van der Waals surface area contributed by atoms with Crippen LogP contribution in [0.3, 0.4) is 0 Å². The van der Waals surface area contributed by atoms with Crippen LogP contribution < -0.4 is 5.32 Å². The standard InChI is InChI=1S/C14H21N3S/c1-6-14(5,7-2)17-12-11-9(3)10(4)18-13(11)16-8-15-12/h8H,6-7H2,1-5H3,(H,15,16,17). The van der Waals surface area contributed by atoms with Crippen LogP contribution in [0.25, 0.3) is 10.2 Å². The molecule has 3 nitrogen and oxygen atoms in total. The van der Waals surface area contributed by atoms with Crippen molar-refractivity contribution in [3.05, 3.63) is 16.8 Å². The summed E-state index contributed by atoms with van der Waals surface area (Å²) in [4.78, 5) is 11.2. The van der Waals surface area contributed by atoms with Gasteiger partial charge in [-0.05, 0) is 39.2 Å². The Bertz CT molecular complexity index is 555. The van der Waals surface area contributed by atoms with E-state index in [2.05, 4.69) is 49.9 Å². The van der Waals surface area contributed by atoms with Crippen LogP contribution in [0.1, 0.15) is 44.1 Å². The highest BCUT2D eigenvalue weighted by Crippen LogP contribution is 2.34. The minimum Gasteiger partial charge on any atom is -0.364 e. The fourth-order valence-electron chi connectivity index (χ4n) is 1.99. The lowest BCUT2D eigenvalue weighted by atomic mass is 9.95. The van der Waals surface area contributed by atoms with Gasteiger partial charge < -0.3 is 5.32 Å². The molecule has 0 aliphatic heterocycles. The second kappa shape index (κ2) is 4.84. The van der Waals surface area contributed by atoms with Crippen LogP contribution in [-0.2, 0) is 0 Å². The molecule has 0 saturated carbocycles. The predicted molar refractivity (Wildman–Crippen MR) is 79.5 cm³/mol. The number of nitrogens with zero attached hydrogens (tertiary/aromatic N) is 2. The highest BCUT2D eigenvalue weighted by Gasteiger charge is 2.22. The summed E-state index contributed by atoms with van der Waals surface area (Å²) in [7, 11) is 0. The van der Waals surface area contributed by atoms with Crippen LogP contribution in [0.5, 0.6) is 0 Å². The number of hydrogen-bond acceptors (Lipinski definition) is 4. The van der Waals surface area contributed by atoms with Gasteiger partial charge in [0.05, 0.1) is 5.39 Å². The van der Waals surface area contributed by atoms with Crippen LogP contribution in [0, 0.1) is 13.8 Å². The number of nitrogens with one attached hydrogen (secondary N) is 1. The Labute approximate surface area is 113 Å². The van der Waals surface area contributed by atoms with Crippen LogP contribution in [0.15, 0.2) is 6.33 Å². The molecule has 0 aliphatic carbocycles.